The van der Waals surface area contributed by atoms with Gasteiger partial charge in [-0.3, -0.25) is 0 Å². The molecule has 2 aromatic rings. The summed E-state index contributed by atoms with van der Waals surface area (Å²) in [5.41, 5.74) is -1.94. The monoisotopic (exact) mass is 391 g/mol. The maximum Gasteiger partial charge on any atom is 0.525 e. The summed E-state index contributed by atoms with van der Waals surface area (Å²) in [7, 11) is -1.26. The summed E-state index contributed by atoms with van der Waals surface area (Å²) < 4.78 is 41.5. The Morgan fingerprint density at radius 1 is 1.18 bits per heavy atom. The average molecular weight is 391 g/mol. The van der Waals surface area contributed by atoms with Crippen LogP contribution in [0.25, 0.3) is 5.57 Å². The van der Waals surface area contributed by atoms with E-state index in [0.29, 0.717) is 5.56 Å². The molecule has 2 heterocycles. The van der Waals surface area contributed by atoms with Gasteiger partial charge in [0.25, 0.3) is 0 Å². The van der Waals surface area contributed by atoms with Crippen LogP contribution in [0.2, 0.25) is 0 Å². The molecule has 28 heavy (non-hydrogen) atoms. The highest BCUT2D eigenvalue weighted by molar-refractivity contribution is 6.55. The van der Waals surface area contributed by atoms with Crippen LogP contribution in [0.1, 0.15) is 43.7 Å². The molecule has 0 spiro atoms. The van der Waals surface area contributed by atoms with Gasteiger partial charge < -0.3 is 14.4 Å². The Hall–Kier alpha value is -2.59. The van der Waals surface area contributed by atoms with Crippen molar-refractivity contribution in [3.8, 4) is 0 Å². The number of benzene rings is 1. The highest BCUT2D eigenvalue weighted by Crippen LogP contribution is 2.40. The summed E-state index contributed by atoms with van der Waals surface area (Å²) in [6, 6.07) is 5.25. The first kappa shape index (κ1) is 20.2. The van der Waals surface area contributed by atoms with E-state index in [1.165, 1.54) is 35.1 Å². The second-order valence-electron chi connectivity index (χ2n) is 7.53. The average Bonchev–Trinajstić information content (AvgIpc) is 3.15. The number of hydrogen-bond donors (Lipinski definition) is 1. The van der Waals surface area contributed by atoms with Crippen LogP contribution in [0.15, 0.2) is 36.2 Å². The molecule has 10 heteroatoms. The van der Waals surface area contributed by atoms with Crippen LogP contribution in [0, 0.1) is 5.82 Å². The van der Waals surface area contributed by atoms with Crippen LogP contribution in [-0.2, 0) is 15.9 Å². The lowest BCUT2D eigenvalue weighted by Gasteiger charge is -2.32. The topological polar surface area (TPSA) is 86.5 Å². The lowest BCUT2D eigenvalue weighted by molar-refractivity contribution is 0.00578. The number of aromatic carboxylic acids is 1. The summed E-state index contributed by atoms with van der Waals surface area (Å²) in [6.45, 7) is 7.06. The zero-order valence-electron chi connectivity index (χ0n) is 15.9. The van der Waals surface area contributed by atoms with Crippen molar-refractivity contribution >= 4 is 18.7 Å². The van der Waals surface area contributed by atoms with Crippen LogP contribution < -0.4 is 0 Å². The molecule has 0 radical (unpaired) electrons. The Bertz CT molecular complexity index is 909. The first-order chi connectivity index (χ1) is 13.0. The van der Waals surface area contributed by atoms with Crippen molar-refractivity contribution in [3.05, 3.63) is 53.3 Å². The minimum atomic E-state index is -1.26. The summed E-state index contributed by atoms with van der Waals surface area (Å²) in [5, 5.41) is 16.2. The second-order valence-corrected chi connectivity index (χ2v) is 7.53. The molecule has 1 aromatic carbocycles. The molecule has 7 nitrogen and oxygen atoms in total. The number of nitrogens with zero attached hydrogens (tertiary/aromatic N) is 3. The van der Waals surface area contributed by atoms with Gasteiger partial charge in [0.1, 0.15) is 11.5 Å². The van der Waals surface area contributed by atoms with Gasteiger partial charge in [0, 0.05) is 5.57 Å². The highest BCUT2D eigenvalue weighted by atomic mass is 19.1. The van der Waals surface area contributed by atoms with Crippen LogP contribution in [0.4, 0.5) is 8.78 Å². The van der Waals surface area contributed by atoms with Gasteiger partial charge in [0.05, 0.1) is 23.9 Å². The Kier molecular flexibility index (Phi) is 5.11. The first-order valence-electron chi connectivity index (χ1n) is 8.64. The second kappa shape index (κ2) is 7.10. The van der Waals surface area contributed by atoms with Crippen LogP contribution in [0.3, 0.4) is 0 Å². The molecule has 0 saturated carbocycles. The summed E-state index contributed by atoms with van der Waals surface area (Å²) in [4.78, 5) is 11.0. The van der Waals surface area contributed by atoms with E-state index in [1.807, 2.05) is 0 Å². The third kappa shape index (κ3) is 3.83. The lowest BCUT2D eigenvalue weighted by Crippen LogP contribution is -2.41. The van der Waals surface area contributed by atoms with Crippen molar-refractivity contribution in [3.63, 3.8) is 0 Å². The van der Waals surface area contributed by atoms with Crippen LogP contribution in [-0.4, -0.2) is 44.4 Å². The van der Waals surface area contributed by atoms with Crippen molar-refractivity contribution in [2.75, 3.05) is 0 Å². The van der Waals surface area contributed by atoms with E-state index in [9.17, 15) is 9.18 Å². The van der Waals surface area contributed by atoms with Crippen LogP contribution in [0.5, 0.6) is 0 Å². The number of allylic oxidation sites excluding steroid dienone is 1. The number of rotatable bonds is 5. The molecule has 1 N–H and O–H groups in total. The standard InChI is InChI=1S/C18H20BF2N3O4/c1-17(2)18(3,4)28-19(27-17)15(21)13(11-5-7-12(20)8-6-11)9-24-10-14(16(25)26)22-23-24/h5-8,10H,9H2,1-4H3,(H,25,26). The van der Waals surface area contributed by atoms with Gasteiger partial charge in [-0.15, -0.1) is 5.10 Å². The van der Waals surface area contributed by atoms with Gasteiger partial charge in [-0.25, -0.2) is 18.3 Å². The Balaban J connectivity index is 2.01. The highest BCUT2D eigenvalue weighted by Gasteiger charge is 2.53. The Labute approximate surface area is 161 Å². The van der Waals surface area contributed by atoms with Gasteiger partial charge in [-0.05, 0) is 45.4 Å². The third-order valence-electron chi connectivity index (χ3n) is 5.02. The van der Waals surface area contributed by atoms with E-state index >= 15 is 4.39 Å². The van der Waals surface area contributed by atoms with Gasteiger partial charge in [0.2, 0.25) is 0 Å². The largest absolute Gasteiger partial charge is 0.525 e. The molecular weight excluding hydrogens is 371 g/mol. The molecule has 0 bridgehead atoms. The van der Waals surface area contributed by atoms with Crippen LogP contribution >= 0.6 is 0 Å². The molecule has 1 aromatic heterocycles. The molecule has 148 valence electrons. The molecule has 3 rings (SSSR count). The Morgan fingerprint density at radius 3 is 2.25 bits per heavy atom. The van der Waals surface area contributed by atoms with E-state index < -0.39 is 35.8 Å². The molecule has 0 unspecified atom stereocenters. The maximum absolute atomic E-state index is 15.5. The number of hydrogen-bond acceptors (Lipinski definition) is 5. The maximum atomic E-state index is 15.5. The molecular formula is C18H20BF2N3O4. The molecule has 1 aliphatic heterocycles. The number of carbonyl (C=O) groups is 1. The van der Waals surface area contributed by atoms with Gasteiger partial charge >= 0.3 is 13.1 Å². The Morgan fingerprint density at radius 2 is 1.75 bits per heavy atom. The fraction of sp³-hybridized carbons (Fsp3) is 0.389. The molecule has 0 amide bonds. The minimum absolute atomic E-state index is 0.125. The van der Waals surface area contributed by atoms with E-state index in [4.69, 9.17) is 14.4 Å². The number of aromatic nitrogens is 3. The smallest absolute Gasteiger partial charge is 0.476 e. The van der Waals surface area contributed by atoms with E-state index in [-0.39, 0.29) is 17.8 Å². The number of carboxylic acids is 1. The van der Waals surface area contributed by atoms with Gasteiger partial charge in [0.15, 0.2) is 5.69 Å². The third-order valence-corrected chi connectivity index (χ3v) is 5.02. The predicted octanol–water partition coefficient (Wildman–Crippen LogP) is 3.13. The van der Waals surface area contributed by atoms with Crippen molar-refractivity contribution in [1.82, 2.24) is 15.0 Å². The predicted molar refractivity (Wildman–Crippen MR) is 97.5 cm³/mol. The molecule has 1 aliphatic rings. The normalized spacial score (nSPS) is 18.9. The SMILES string of the molecule is CC1(C)OB(C(F)=C(Cn2cc(C(=O)O)nn2)c2ccc(F)cc2)OC1(C)C. The van der Waals surface area contributed by atoms with Crippen molar-refractivity contribution < 1.29 is 28.0 Å². The zero-order chi connectivity index (χ0) is 20.7. The van der Waals surface area contributed by atoms with E-state index in [2.05, 4.69) is 10.3 Å². The van der Waals surface area contributed by atoms with Crippen molar-refractivity contribution in [2.45, 2.75) is 45.4 Å². The van der Waals surface area contributed by atoms with E-state index in [1.54, 1.807) is 27.7 Å². The van der Waals surface area contributed by atoms with Crippen molar-refractivity contribution in [1.29, 1.82) is 0 Å². The lowest BCUT2D eigenvalue weighted by atomic mass is 9.82. The zero-order valence-corrected chi connectivity index (χ0v) is 15.9. The fourth-order valence-electron chi connectivity index (χ4n) is 2.68. The van der Waals surface area contributed by atoms with Gasteiger partial charge in [-0.2, -0.15) is 0 Å². The summed E-state index contributed by atoms with van der Waals surface area (Å²) in [6.07, 6.45) is 1.18. The van der Waals surface area contributed by atoms with Crippen molar-refractivity contribution in [2.24, 2.45) is 0 Å². The number of halogens is 2. The molecule has 1 fully saturated rings. The minimum Gasteiger partial charge on any atom is -0.476 e. The quantitative estimate of drug-likeness (QED) is 0.789. The van der Waals surface area contributed by atoms with Gasteiger partial charge in [-0.1, -0.05) is 17.3 Å². The van der Waals surface area contributed by atoms with E-state index in [0.717, 1.165) is 0 Å². The molecule has 0 atom stereocenters. The summed E-state index contributed by atoms with van der Waals surface area (Å²) >= 11 is 0. The number of carboxylic acid groups (broad SMARTS) is 1. The molecule has 1 saturated heterocycles. The first-order valence-corrected chi connectivity index (χ1v) is 8.64. The molecule has 0 aliphatic carbocycles. The fourth-order valence-corrected chi connectivity index (χ4v) is 2.68. The summed E-state index contributed by atoms with van der Waals surface area (Å²) in [5.74, 6) is -1.71.